The third kappa shape index (κ3) is 5.66. The van der Waals surface area contributed by atoms with Crippen LogP contribution in [0.2, 0.25) is 0 Å². The van der Waals surface area contributed by atoms with E-state index >= 15 is 0 Å². The Labute approximate surface area is 140 Å². The molecule has 3 heteroatoms. The maximum atomic E-state index is 6.19. The maximum absolute atomic E-state index is 6.19. The molecule has 1 heterocycles. The minimum absolute atomic E-state index is 0.0102. The van der Waals surface area contributed by atoms with E-state index in [1.54, 1.807) is 0 Å². The first-order chi connectivity index (χ1) is 10.7. The fourth-order valence-electron chi connectivity index (χ4n) is 2.57. The molecule has 0 unspecified atom stereocenters. The molecule has 0 saturated carbocycles. The van der Waals surface area contributed by atoms with Crippen LogP contribution in [0.3, 0.4) is 0 Å². The van der Waals surface area contributed by atoms with Gasteiger partial charge < -0.3 is 9.47 Å². The Morgan fingerprint density at radius 1 is 1.22 bits per heavy atom. The summed E-state index contributed by atoms with van der Waals surface area (Å²) < 4.78 is 12.0. The Balaban J connectivity index is 2.13. The van der Waals surface area contributed by atoms with Gasteiger partial charge in [0, 0.05) is 5.41 Å². The summed E-state index contributed by atoms with van der Waals surface area (Å²) >= 11 is 0. The zero-order valence-electron chi connectivity index (χ0n) is 15.1. The molecule has 0 aromatic heterocycles. The highest BCUT2D eigenvalue weighted by Crippen LogP contribution is 2.33. The van der Waals surface area contributed by atoms with E-state index in [9.17, 15) is 0 Å². The van der Waals surface area contributed by atoms with Gasteiger partial charge >= 0.3 is 0 Å². The summed E-state index contributed by atoms with van der Waals surface area (Å²) in [6, 6.07) is 10.5. The smallest absolute Gasteiger partial charge is 0.163 e. The molecule has 0 spiro atoms. The molecule has 1 aliphatic heterocycles. The van der Waals surface area contributed by atoms with Crippen LogP contribution >= 0.6 is 0 Å². The minimum Gasteiger partial charge on any atom is -0.349 e. The average Bonchev–Trinajstić information content (AvgIpc) is 2.47. The molecule has 0 radical (unpaired) electrons. The monoisotopic (exact) mass is 315 g/mol. The largest absolute Gasteiger partial charge is 0.349 e. The van der Waals surface area contributed by atoms with Crippen molar-refractivity contribution < 1.29 is 9.47 Å². The van der Waals surface area contributed by atoms with Crippen molar-refractivity contribution in [2.24, 2.45) is 5.41 Å². The van der Waals surface area contributed by atoms with E-state index in [0.29, 0.717) is 6.61 Å². The van der Waals surface area contributed by atoms with Crippen molar-refractivity contribution in [3.63, 3.8) is 0 Å². The van der Waals surface area contributed by atoms with E-state index < -0.39 is 5.79 Å². The van der Waals surface area contributed by atoms with Crippen LogP contribution in [0.4, 0.5) is 0 Å². The van der Waals surface area contributed by atoms with E-state index in [0.717, 1.165) is 5.56 Å². The summed E-state index contributed by atoms with van der Waals surface area (Å²) in [6.45, 7) is 13.0. The first-order valence-electron chi connectivity index (χ1n) is 8.32. The molecule has 2 rings (SSSR count). The highest BCUT2D eigenvalue weighted by molar-refractivity contribution is 5.21. The molecule has 1 aromatic carbocycles. The molecule has 1 aliphatic rings. The highest BCUT2D eigenvalue weighted by Gasteiger charge is 2.37. The number of hydrogen-bond acceptors (Lipinski definition) is 3. The zero-order chi connectivity index (χ0) is 17.1. The highest BCUT2D eigenvalue weighted by atomic mass is 16.7. The molecule has 1 saturated heterocycles. The molecule has 23 heavy (non-hydrogen) atoms. The second-order valence-corrected chi connectivity index (χ2v) is 7.67. The Bertz CT molecular complexity index is 563. The summed E-state index contributed by atoms with van der Waals surface area (Å²) in [5, 5.41) is 3.55. The number of ether oxygens (including phenoxy) is 2. The molecule has 1 fully saturated rings. The topological polar surface area (TPSA) is 30.5 Å². The second-order valence-electron chi connectivity index (χ2n) is 7.67. The van der Waals surface area contributed by atoms with Gasteiger partial charge in [-0.3, -0.25) is 5.32 Å². The lowest BCUT2D eigenvalue weighted by atomic mass is 9.97. The van der Waals surface area contributed by atoms with Gasteiger partial charge in [0.1, 0.15) is 6.10 Å². The van der Waals surface area contributed by atoms with Crippen LogP contribution in [-0.4, -0.2) is 24.5 Å². The first kappa shape index (κ1) is 18.0. The standard InChI is InChI=1S/C20H29NO2/c1-15(12-13-19(2,3)4)21-17-14-22-20(5,6)23-18(17)16-10-8-7-9-11-16/h7-11,15,17-18,21H,14H2,1-6H3/t15-,17-,18-/m0/s1. The van der Waals surface area contributed by atoms with E-state index in [-0.39, 0.29) is 23.6 Å². The summed E-state index contributed by atoms with van der Waals surface area (Å²) in [5.74, 6) is 6.01. The van der Waals surface area contributed by atoms with Gasteiger partial charge in [-0.2, -0.15) is 0 Å². The zero-order valence-corrected chi connectivity index (χ0v) is 15.1. The third-order valence-electron chi connectivity index (χ3n) is 3.64. The Kier molecular flexibility index (Phi) is 5.52. The molecule has 1 aromatic rings. The van der Waals surface area contributed by atoms with Crippen molar-refractivity contribution in [2.75, 3.05) is 6.61 Å². The van der Waals surface area contributed by atoms with Gasteiger partial charge in [-0.05, 0) is 47.1 Å². The lowest BCUT2D eigenvalue weighted by Crippen LogP contribution is -2.52. The Morgan fingerprint density at radius 3 is 2.48 bits per heavy atom. The molecule has 126 valence electrons. The predicted octanol–water partition coefficient (Wildman–Crippen LogP) is 3.91. The van der Waals surface area contributed by atoms with Gasteiger partial charge in [0.25, 0.3) is 0 Å². The lowest BCUT2D eigenvalue weighted by molar-refractivity contribution is -0.285. The van der Waals surface area contributed by atoms with Gasteiger partial charge in [-0.15, -0.1) is 0 Å². The number of hydrogen-bond donors (Lipinski definition) is 1. The van der Waals surface area contributed by atoms with Gasteiger partial charge in [-0.1, -0.05) is 42.2 Å². The SMILES string of the molecule is C[C@@H](C#CC(C)(C)C)N[C@H]1COC(C)(C)O[C@H]1c1ccccc1. The van der Waals surface area contributed by atoms with Gasteiger partial charge in [0.2, 0.25) is 0 Å². The number of nitrogens with one attached hydrogen (secondary N) is 1. The van der Waals surface area contributed by atoms with Gasteiger partial charge in [-0.25, -0.2) is 0 Å². The first-order valence-corrected chi connectivity index (χ1v) is 8.32. The van der Waals surface area contributed by atoms with E-state index in [2.05, 4.69) is 57.0 Å². The number of rotatable bonds is 3. The van der Waals surface area contributed by atoms with E-state index in [4.69, 9.17) is 9.47 Å². The molecular weight excluding hydrogens is 286 g/mol. The van der Waals surface area contributed by atoms with Crippen LogP contribution < -0.4 is 5.32 Å². The average molecular weight is 315 g/mol. The summed E-state index contributed by atoms with van der Waals surface area (Å²) in [7, 11) is 0. The lowest BCUT2D eigenvalue weighted by Gasteiger charge is -2.42. The molecule has 3 nitrogen and oxygen atoms in total. The quantitative estimate of drug-likeness (QED) is 0.858. The van der Waals surface area contributed by atoms with E-state index in [1.807, 2.05) is 32.0 Å². The van der Waals surface area contributed by atoms with Crippen LogP contribution in [0.25, 0.3) is 0 Å². The van der Waals surface area contributed by atoms with Crippen molar-refractivity contribution in [3.05, 3.63) is 35.9 Å². The van der Waals surface area contributed by atoms with Crippen molar-refractivity contribution in [1.82, 2.24) is 5.32 Å². The maximum Gasteiger partial charge on any atom is 0.163 e. The normalized spacial score (nSPS) is 25.3. The molecule has 1 N–H and O–H groups in total. The molecule has 3 atom stereocenters. The second kappa shape index (κ2) is 7.05. The Hall–Kier alpha value is -1.34. The van der Waals surface area contributed by atoms with Crippen molar-refractivity contribution in [1.29, 1.82) is 0 Å². The Morgan fingerprint density at radius 2 is 1.87 bits per heavy atom. The molecular formula is C20H29NO2. The van der Waals surface area contributed by atoms with Crippen LogP contribution in [0.1, 0.15) is 53.2 Å². The van der Waals surface area contributed by atoms with Crippen LogP contribution in [0, 0.1) is 17.3 Å². The third-order valence-corrected chi connectivity index (χ3v) is 3.64. The van der Waals surface area contributed by atoms with Crippen LogP contribution in [0.5, 0.6) is 0 Å². The number of benzene rings is 1. The molecule has 0 amide bonds. The summed E-state index contributed by atoms with van der Waals surface area (Å²) in [4.78, 5) is 0. The van der Waals surface area contributed by atoms with E-state index in [1.165, 1.54) is 0 Å². The van der Waals surface area contributed by atoms with Crippen molar-refractivity contribution in [2.45, 2.75) is 65.5 Å². The van der Waals surface area contributed by atoms with Crippen molar-refractivity contribution in [3.8, 4) is 11.8 Å². The van der Waals surface area contributed by atoms with Crippen LogP contribution in [0.15, 0.2) is 30.3 Å². The summed E-state index contributed by atoms with van der Waals surface area (Å²) in [6.07, 6.45) is -0.0427. The fraction of sp³-hybridized carbons (Fsp3) is 0.600. The van der Waals surface area contributed by atoms with Crippen molar-refractivity contribution >= 4 is 0 Å². The van der Waals surface area contributed by atoms with Gasteiger partial charge in [0.05, 0.1) is 18.7 Å². The predicted molar refractivity (Wildman–Crippen MR) is 93.9 cm³/mol. The summed E-state index contributed by atoms with van der Waals surface area (Å²) in [5.41, 5.74) is 1.17. The van der Waals surface area contributed by atoms with Crippen LogP contribution in [-0.2, 0) is 9.47 Å². The molecule has 0 bridgehead atoms. The minimum atomic E-state index is -0.570. The molecule has 0 aliphatic carbocycles. The fourth-order valence-corrected chi connectivity index (χ4v) is 2.57. The van der Waals surface area contributed by atoms with Gasteiger partial charge in [0.15, 0.2) is 5.79 Å².